The van der Waals surface area contributed by atoms with E-state index in [1.165, 1.54) is 0 Å². The van der Waals surface area contributed by atoms with Crippen molar-refractivity contribution in [3.05, 3.63) is 58.7 Å². The molecule has 0 radical (unpaired) electrons. The number of anilines is 2. The van der Waals surface area contributed by atoms with Gasteiger partial charge in [0.25, 0.3) is 0 Å². The molecule has 2 aromatic carbocycles. The normalized spacial score (nSPS) is 12.9. The molecule has 1 amide bonds. The van der Waals surface area contributed by atoms with E-state index in [0.29, 0.717) is 12.1 Å². The number of halogens is 1. The Labute approximate surface area is 160 Å². The van der Waals surface area contributed by atoms with E-state index < -0.39 is 0 Å². The van der Waals surface area contributed by atoms with Crippen LogP contribution in [-0.4, -0.2) is 18.2 Å². The van der Waals surface area contributed by atoms with E-state index in [1.807, 2.05) is 50.2 Å². The second-order valence-corrected chi connectivity index (χ2v) is 6.72. The van der Waals surface area contributed by atoms with Gasteiger partial charge in [0.2, 0.25) is 5.91 Å². The first-order valence-electron chi connectivity index (χ1n) is 8.75. The summed E-state index contributed by atoms with van der Waals surface area (Å²) in [6.07, 6.45) is 2.25. The molecule has 0 spiro atoms. The van der Waals surface area contributed by atoms with Crippen molar-refractivity contribution in [3.63, 3.8) is 0 Å². The molecule has 3 rings (SSSR count). The smallest absolute Gasteiger partial charge is 0.227 e. The van der Waals surface area contributed by atoms with Gasteiger partial charge in [0.15, 0.2) is 5.78 Å². The van der Waals surface area contributed by atoms with Crippen LogP contribution in [0.1, 0.15) is 46.3 Å². The van der Waals surface area contributed by atoms with Crippen molar-refractivity contribution in [2.75, 3.05) is 17.2 Å². The standard InChI is InChI=1S/C21H24N2O2.ClH/c1-14-8-9-16(13-15(14)2)20(24)10-11-21(25)23-12-4-5-17-18(22)6-3-7-19(17)23;/h3,6-9,13H,4-5,10-12,22H2,1-2H3;1H. The molecule has 0 unspecified atom stereocenters. The van der Waals surface area contributed by atoms with Crippen LogP contribution in [0.4, 0.5) is 11.4 Å². The number of aryl methyl sites for hydroxylation is 2. The van der Waals surface area contributed by atoms with Crippen LogP contribution < -0.4 is 10.6 Å². The summed E-state index contributed by atoms with van der Waals surface area (Å²) in [6.45, 7) is 4.70. The molecule has 2 N–H and O–H groups in total. The SMILES string of the molecule is Cc1ccc(C(=O)CCC(=O)N2CCCc3c(N)cccc32)cc1C.Cl. The first-order chi connectivity index (χ1) is 12.0. The van der Waals surface area contributed by atoms with Gasteiger partial charge in [0, 0.05) is 36.3 Å². The van der Waals surface area contributed by atoms with Gasteiger partial charge in [-0.15, -0.1) is 12.4 Å². The fraction of sp³-hybridized carbons (Fsp3) is 0.333. The van der Waals surface area contributed by atoms with Gasteiger partial charge in [-0.25, -0.2) is 0 Å². The molecule has 0 saturated carbocycles. The third kappa shape index (κ3) is 4.07. The van der Waals surface area contributed by atoms with E-state index in [-0.39, 0.29) is 36.9 Å². The van der Waals surface area contributed by atoms with Crippen LogP contribution in [0, 0.1) is 13.8 Å². The molecule has 4 nitrogen and oxygen atoms in total. The molecule has 0 bridgehead atoms. The van der Waals surface area contributed by atoms with Gasteiger partial charge in [-0.2, -0.15) is 0 Å². The Morgan fingerprint density at radius 1 is 1.08 bits per heavy atom. The third-order valence-corrected chi connectivity index (χ3v) is 4.98. The molecule has 0 fully saturated rings. The maximum atomic E-state index is 12.7. The molecule has 1 heterocycles. The Balaban J connectivity index is 0.00000243. The highest BCUT2D eigenvalue weighted by Gasteiger charge is 2.24. The number of rotatable bonds is 4. The van der Waals surface area contributed by atoms with Gasteiger partial charge in [-0.1, -0.05) is 18.2 Å². The molecule has 1 aliphatic heterocycles. The summed E-state index contributed by atoms with van der Waals surface area (Å²) in [5.74, 6) is 0.00462. The lowest BCUT2D eigenvalue weighted by Gasteiger charge is -2.30. The number of benzene rings is 2. The predicted molar refractivity (Wildman–Crippen MR) is 108 cm³/mol. The van der Waals surface area contributed by atoms with Crippen molar-refractivity contribution in [3.8, 4) is 0 Å². The summed E-state index contributed by atoms with van der Waals surface area (Å²) < 4.78 is 0. The Kier molecular flexibility index (Phi) is 6.43. The zero-order valence-corrected chi connectivity index (χ0v) is 16.1. The molecule has 0 aliphatic carbocycles. The maximum absolute atomic E-state index is 12.7. The highest BCUT2D eigenvalue weighted by atomic mass is 35.5. The van der Waals surface area contributed by atoms with Gasteiger partial charge < -0.3 is 10.6 Å². The highest BCUT2D eigenvalue weighted by molar-refractivity contribution is 6.01. The quantitative estimate of drug-likeness (QED) is 0.644. The van der Waals surface area contributed by atoms with Crippen molar-refractivity contribution in [1.82, 2.24) is 0 Å². The number of fused-ring (bicyclic) bond motifs is 1. The lowest BCUT2D eigenvalue weighted by atomic mass is 9.98. The summed E-state index contributed by atoms with van der Waals surface area (Å²) in [7, 11) is 0. The van der Waals surface area contributed by atoms with Gasteiger partial charge >= 0.3 is 0 Å². The third-order valence-electron chi connectivity index (χ3n) is 4.98. The van der Waals surface area contributed by atoms with Crippen LogP contribution in [0.5, 0.6) is 0 Å². The maximum Gasteiger partial charge on any atom is 0.227 e. The first kappa shape index (κ1) is 20.0. The van der Waals surface area contributed by atoms with E-state index in [0.717, 1.165) is 40.9 Å². The van der Waals surface area contributed by atoms with E-state index in [1.54, 1.807) is 4.90 Å². The molecule has 5 heteroatoms. The molecule has 0 atom stereocenters. The summed E-state index contributed by atoms with van der Waals surface area (Å²) in [6, 6.07) is 11.4. The molecular weight excluding hydrogens is 348 g/mol. The van der Waals surface area contributed by atoms with Gasteiger partial charge in [0.05, 0.1) is 0 Å². The molecule has 138 valence electrons. The molecule has 1 aliphatic rings. The number of Topliss-reactive ketones (excluding diaryl/α,β-unsaturated/α-hetero) is 1. The van der Waals surface area contributed by atoms with E-state index in [2.05, 4.69) is 0 Å². The average Bonchev–Trinajstić information content (AvgIpc) is 2.61. The fourth-order valence-electron chi connectivity index (χ4n) is 3.33. The van der Waals surface area contributed by atoms with Gasteiger partial charge in [-0.3, -0.25) is 9.59 Å². The average molecular weight is 373 g/mol. The number of carbonyl (C=O) groups is 2. The summed E-state index contributed by atoms with van der Waals surface area (Å²) in [5, 5.41) is 0. The van der Waals surface area contributed by atoms with Crippen molar-refractivity contribution >= 4 is 35.5 Å². The lowest BCUT2D eigenvalue weighted by molar-refractivity contribution is -0.118. The van der Waals surface area contributed by atoms with E-state index in [4.69, 9.17) is 5.73 Å². The second kappa shape index (κ2) is 8.37. The molecule has 0 aromatic heterocycles. The first-order valence-corrected chi connectivity index (χ1v) is 8.75. The number of amides is 1. The van der Waals surface area contributed by atoms with Gasteiger partial charge in [-0.05, 0) is 61.6 Å². The van der Waals surface area contributed by atoms with Crippen LogP contribution >= 0.6 is 12.4 Å². The molecule has 0 saturated heterocycles. The van der Waals surface area contributed by atoms with Crippen LogP contribution in [-0.2, 0) is 11.2 Å². The fourth-order valence-corrected chi connectivity index (χ4v) is 3.33. The summed E-state index contributed by atoms with van der Waals surface area (Å²) >= 11 is 0. The number of hydrogen-bond acceptors (Lipinski definition) is 3. The van der Waals surface area contributed by atoms with Crippen LogP contribution in [0.2, 0.25) is 0 Å². The van der Waals surface area contributed by atoms with Crippen LogP contribution in [0.15, 0.2) is 36.4 Å². The van der Waals surface area contributed by atoms with E-state index in [9.17, 15) is 9.59 Å². The summed E-state index contributed by atoms with van der Waals surface area (Å²) in [4.78, 5) is 26.8. The highest BCUT2D eigenvalue weighted by Crippen LogP contribution is 2.31. The number of nitrogens with two attached hydrogens (primary N) is 1. The lowest BCUT2D eigenvalue weighted by Crippen LogP contribution is -2.35. The van der Waals surface area contributed by atoms with Crippen molar-refractivity contribution in [2.24, 2.45) is 0 Å². The number of nitrogen functional groups attached to an aromatic ring is 1. The summed E-state index contributed by atoms with van der Waals surface area (Å²) in [5.41, 5.74) is 11.7. The van der Waals surface area contributed by atoms with Gasteiger partial charge in [0.1, 0.15) is 0 Å². The van der Waals surface area contributed by atoms with E-state index >= 15 is 0 Å². The topological polar surface area (TPSA) is 63.4 Å². The largest absolute Gasteiger partial charge is 0.398 e. The molecule has 2 aromatic rings. The monoisotopic (exact) mass is 372 g/mol. The molecular formula is C21H25ClN2O2. The predicted octanol–water partition coefficient (Wildman–Crippen LogP) is 4.25. The Morgan fingerprint density at radius 2 is 1.85 bits per heavy atom. The minimum absolute atomic E-state index is 0. The Hall–Kier alpha value is -2.33. The number of nitrogens with zero attached hydrogens (tertiary/aromatic N) is 1. The number of hydrogen-bond donors (Lipinski definition) is 1. The van der Waals surface area contributed by atoms with Crippen molar-refractivity contribution in [1.29, 1.82) is 0 Å². The van der Waals surface area contributed by atoms with Crippen molar-refractivity contribution in [2.45, 2.75) is 39.5 Å². The van der Waals surface area contributed by atoms with Crippen LogP contribution in [0.3, 0.4) is 0 Å². The second-order valence-electron chi connectivity index (χ2n) is 6.72. The van der Waals surface area contributed by atoms with Crippen LogP contribution in [0.25, 0.3) is 0 Å². The zero-order chi connectivity index (χ0) is 18.0. The number of ketones is 1. The Bertz CT molecular complexity index is 833. The minimum Gasteiger partial charge on any atom is -0.398 e. The number of carbonyl (C=O) groups excluding carboxylic acids is 2. The minimum atomic E-state index is -0.0104. The Morgan fingerprint density at radius 3 is 2.58 bits per heavy atom. The zero-order valence-electron chi connectivity index (χ0n) is 15.2. The molecule has 26 heavy (non-hydrogen) atoms. The van der Waals surface area contributed by atoms with Crippen molar-refractivity contribution < 1.29 is 9.59 Å².